The molecule has 0 heterocycles. The van der Waals surface area contributed by atoms with Gasteiger partial charge in [0.05, 0.1) is 0 Å². The highest BCUT2D eigenvalue weighted by atomic mass is 19.1. The van der Waals surface area contributed by atoms with Crippen molar-refractivity contribution >= 4 is 5.78 Å². The minimum atomic E-state index is -0.345. The maximum Gasteiger partial charge on any atom is 0.193 e. The maximum atomic E-state index is 13.4. The Hall–Kier alpha value is -1.96. The van der Waals surface area contributed by atoms with Crippen LogP contribution in [0.2, 0.25) is 0 Å². The van der Waals surface area contributed by atoms with E-state index >= 15 is 0 Å². The van der Waals surface area contributed by atoms with Gasteiger partial charge in [-0.15, -0.1) is 0 Å². The Morgan fingerprint density at radius 2 is 1.61 bits per heavy atom. The van der Waals surface area contributed by atoms with E-state index in [9.17, 15) is 9.18 Å². The number of hydrogen-bond donors (Lipinski definition) is 0. The van der Waals surface area contributed by atoms with Crippen LogP contribution >= 0.6 is 0 Å². The molecular formula is C16H13FO. The third-order valence-electron chi connectivity index (χ3n) is 3.74. The number of hydrogen-bond acceptors (Lipinski definition) is 1. The van der Waals surface area contributed by atoms with E-state index in [1.54, 1.807) is 6.07 Å². The zero-order chi connectivity index (χ0) is 12.9. The first kappa shape index (κ1) is 11.1. The van der Waals surface area contributed by atoms with Crippen LogP contribution in [-0.4, -0.2) is 5.78 Å². The molecule has 0 unspecified atom stereocenters. The van der Waals surface area contributed by atoms with Gasteiger partial charge in [0.1, 0.15) is 5.82 Å². The van der Waals surface area contributed by atoms with Gasteiger partial charge in [0.15, 0.2) is 5.78 Å². The number of benzene rings is 2. The van der Waals surface area contributed by atoms with Crippen molar-refractivity contribution in [1.29, 1.82) is 0 Å². The fourth-order valence-corrected chi connectivity index (χ4v) is 2.75. The molecule has 3 rings (SSSR count). The lowest BCUT2D eigenvalue weighted by Crippen LogP contribution is -2.30. The molecule has 0 fully saturated rings. The van der Waals surface area contributed by atoms with Crippen LogP contribution in [0.5, 0.6) is 0 Å². The van der Waals surface area contributed by atoms with Gasteiger partial charge in [-0.2, -0.15) is 0 Å². The number of halogens is 1. The summed E-state index contributed by atoms with van der Waals surface area (Å²) < 4.78 is 13.4. The standard InChI is InChI=1S/C16H13FO/c1-16(2)13-6-4-3-5-11(13)15(18)12-8-7-10(17)9-14(12)16/h3-9H,1-2H3. The topological polar surface area (TPSA) is 17.1 Å². The molecule has 0 bridgehead atoms. The highest BCUT2D eigenvalue weighted by molar-refractivity contribution is 6.13. The Balaban J connectivity index is 2.37. The first-order valence-electron chi connectivity index (χ1n) is 5.96. The van der Waals surface area contributed by atoms with E-state index in [4.69, 9.17) is 0 Å². The second-order valence-electron chi connectivity index (χ2n) is 5.19. The molecule has 0 radical (unpaired) electrons. The zero-order valence-corrected chi connectivity index (χ0v) is 10.3. The van der Waals surface area contributed by atoms with Gasteiger partial charge in [-0.25, -0.2) is 4.39 Å². The van der Waals surface area contributed by atoms with Crippen LogP contribution in [0.4, 0.5) is 4.39 Å². The molecule has 0 atom stereocenters. The number of carbonyl (C=O) groups is 1. The van der Waals surface area contributed by atoms with Crippen LogP contribution in [0.1, 0.15) is 40.9 Å². The van der Waals surface area contributed by atoms with Crippen LogP contribution in [0.15, 0.2) is 42.5 Å². The summed E-state index contributed by atoms with van der Waals surface area (Å²) in [5, 5.41) is 0. The van der Waals surface area contributed by atoms with Crippen molar-refractivity contribution in [1.82, 2.24) is 0 Å². The van der Waals surface area contributed by atoms with Gasteiger partial charge in [-0.1, -0.05) is 38.1 Å². The van der Waals surface area contributed by atoms with E-state index in [2.05, 4.69) is 0 Å². The average molecular weight is 240 g/mol. The molecule has 0 N–H and O–H groups in total. The third-order valence-corrected chi connectivity index (χ3v) is 3.74. The van der Waals surface area contributed by atoms with Crippen LogP contribution in [0.25, 0.3) is 0 Å². The fourth-order valence-electron chi connectivity index (χ4n) is 2.75. The van der Waals surface area contributed by atoms with Gasteiger partial charge in [0.25, 0.3) is 0 Å². The molecule has 1 nitrogen and oxygen atoms in total. The molecule has 0 saturated heterocycles. The van der Waals surface area contributed by atoms with Crippen molar-refractivity contribution in [2.45, 2.75) is 19.3 Å². The molecule has 0 amide bonds. The normalized spacial score (nSPS) is 16.1. The highest BCUT2D eigenvalue weighted by Gasteiger charge is 2.36. The zero-order valence-electron chi connectivity index (χ0n) is 10.3. The van der Waals surface area contributed by atoms with Crippen molar-refractivity contribution in [3.63, 3.8) is 0 Å². The lowest BCUT2D eigenvalue weighted by molar-refractivity contribution is 0.103. The molecule has 1 aliphatic carbocycles. The molecule has 0 aliphatic heterocycles. The minimum Gasteiger partial charge on any atom is -0.289 e. The summed E-state index contributed by atoms with van der Waals surface area (Å²) in [6.07, 6.45) is 0. The van der Waals surface area contributed by atoms with Crippen molar-refractivity contribution in [2.75, 3.05) is 0 Å². The van der Waals surface area contributed by atoms with Gasteiger partial charge in [0, 0.05) is 16.5 Å². The van der Waals surface area contributed by atoms with Gasteiger partial charge in [-0.3, -0.25) is 4.79 Å². The number of rotatable bonds is 0. The highest BCUT2D eigenvalue weighted by Crippen LogP contribution is 2.41. The second-order valence-corrected chi connectivity index (χ2v) is 5.19. The van der Waals surface area contributed by atoms with Crippen LogP contribution in [0, 0.1) is 5.82 Å². The minimum absolute atomic E-state index is 0.0140. The number of ketones is 1. The smallest absolute Gasteiger partial charge is 0.193 e. The third kappa shape index (κ3) is 1.35. The monoisotopic (exact) mass is 240 g/mol. The van der Waals surface area contributed by atoms with Crippen molar-refractivity contribution < 1.29 is 9.18 Å². The molecule has 0 saturated carbocycles. The molecule has 90 valence electrons. The Kier molecular flexibility index (Phi) is 2.18. The molecule has 0 aromatic heterocycles. The maximum absolute atomic E-state index is 13.4. The Labute approximate surface area is 105 Å². The average Bonchev–Trinajstić information content (AvgIpc) is 2.36. The van der Waals surface area contributed by atoms with E-state index in [1.165, 1.54) is 12.1 Å². The summed E-state index contributed by atoms with van der Waals surface area (Å²) in [6, 6.07) is 12.0. The molecule has 18 heavy (non-hydrogen) atoms. The van der Waals surface area contributed by atoms with Gasteiger partial charge < -0.3 is 0 Å². The van der Waals surface area contributed by atoms with E-state index in [0.29, 0.717) is 5.56 Å². The van der Waals surface area contributed by atoms with Gasteiger partial charge >= 0.3 is 0 Å². The summed E-state index contributed by atoms with van der Waals surface area (Å²) in [5.41, 5.74) is 2.73. The summed E-state index contributed by atoms with van der Waals surface area (Å²) in [6.45, 7) is 4.05. The first-order chi connectivity index (χ1) is 8.51. The van der Waals surface area contributed by atoms with Crippen molar-refractivity contribution in [3.8, 4) is 0 Å². The van der Waals surface area contributed by atoms with E-state index in [0.717, 1.165) is 16.7 Å². The molecule has 2 heteroatoms. The quantitative estimate of drug-likeness (QED) is 0.686. The largest absolute Gasteiger partial charge is 0.289 e. The first-order valence-corrected chi connectivity index (χ1v) is 5.96. The summed E-state index contributed by atoms with van der Waals surface area (Å²) >= 11 is 0. The molecule has 2 aromatic rings. The summed E-state index contributed by atoms with van der Waals surface area (Å²) in [4.78, 5) is 12.4. The fraction of sp³-hybridized carbons (Fsp3) is 0.188. The second kappa shape index (κ2) is 3.52. The summed E-state index contributed by atoms with van der Waals surface area (Å²) in [7, 11) is 0. The van der Waals surface area contributed by atoms with Crippen molar-refractivity contribution in [3.05, 3.63) is 70.5 Å². The number of fused-ring (bicyclic) bond motifs is 2. The van der Waals surface area contributed by atoms with E-state index in [-0.39, 0.29) is 17.0 Å². The molecule has 1 aliphatic rings. The van der Waals surface area contributed by atoms with Gasteiger partial charge in [-0.05, 0) is 29.3 Å². The molecule has 2 aromatic carbocycles. The Morgan fingerprint density at radius 3 is 2.39 bits per heavy atom. The molecular weight excluding hydrogens is 227 g/mol. The lowest BCUT2D eigenvalue weighted by Gasteiger charge is -2.34. The van der Waals surface area contributed by atoms with Crippen LogP contribution in [-0.2, 0) is 5.41 Å². The number of carbonyl (C=O) groups excluding carboxylic acids is 1. The van der Waals surface area contributed by atoms with E-state index in [1.807, 2.05) is 38.1 Å². The predicted octanol–water partition coefficient (Wildman–Crippen LogP) is 3.70. The Morgan fingerprint density at radius 1 is 0.944 bits per heavy atom. The lowest BCUT2D eigenvalue weighted by atomic mass is 9.68. The van der Waals surface area contributed by atoms with Crippen LogP contribution < -0.4 is 0 Å². The predicted molar refractivity (Wildman–Crippen MR) is 68.4 cm³/mol. The molecule has 0 spiro atoms. The SMILES string of the molecule is CC1(C)c2ccccc2C(=O)c2ccc(F)cc21. The van der Waals surface area contributed by atoms with E-state index < -0.39 is 0 Å². The Bertz CT molecular complexity index is 656. The summed E-state index contributed by atoms with van der Waals surface area (Å²) in [5.74, 6) is -0.311. The van der Waals surface area contributed by atoms with Crippen LogP contribution in [0.3, 0.4) is 0 Å². The van der Waals surface area contributed by atoms with Gasteiger partial charge in [0.2, 0.25) is 0 Å². The van der Waals surface area contributed by atoms with Crippen molar-refractivity contribution in [2.24, 2.45) is 0 Å².